The van der Waals surface area contributed by atoms with Gasteiger partial charge in [0.2, 0.25) is 0 Å². The van der Waals surface area contributed by atoms with E-state index < -0.39 is 0 Å². The number of anilines is 2. The van der Waals surface area contributed by atoms with Crippen LogP contribution in [0.15, 0.2) is 60.8 Å². The van der Waals surface area contributed by atoms with Crippen LogP contribution in [0.25, 0.3) is 22.2 Å². The van der Waals surface area contributed by atoms with Gasteiger partial charge in [0.15, 0.2) is 0 Å². The summed E-state index contributed by atoms with van der Waals surface area (Å²) in [6.07, 6.45) is 1.84. The number of fused-ring (bicyclic) bond motifs is 1. The molecule has 0 saturated carbocycles. The van der Waals surface area contributed by atoms with Crippen molar-refractivity contribution in [2.24, 2.45) is 0 Å². The first-order valence-corrected chi connectivity index (χ1v) is 12.2. The van der Waals surface area contributed by atoms with E-state index in [2.05, 4.69) is 105 Å². The van der Waals surface area contributed by atoms with Crippen molar-refractivity contribution in [3.05, 3.63) is 77.7 Å². The van der Waals surface area contributed by atoms with E-state index in [1.165, 1.54) is 5.56 Å². The molecule has 1 N–H and O–H groups in total. The molecule has 2 aromatic heterocycles. The van der Waals surface area contributed by atoms with Crippen LogP contribution in [0, 0.1) is 6.92 Å². The zero-order valence-corrected chi connectivity index (χ0v) is 21.1. The highest BCUT2D eigenvalue weighted by Crippen LogP contribution is 2.30. The number of pyridine rings is 1. The maximum atomic E-state index is 4.98. The average Bonchev–Trinajstić information content (AvgIpc) is 2.82. The first kappa shape index (κ1) is 23.8. The number of nitrogens with zero attached hydrogens (tertiary/aromatic N) is 4. The smallest absolute Gasteiger partial charge is 0.145 e. The average molecular weight is 454 g/mol. The van der Waals surface area contributed by atoms with Gasteiger partial charge < -0.3 is 5.32 Å². The maximum Gasteiger partial charge on any atom is 0.145 e. The van der Waals surface area contributed by atoms with Crippen LogP contribution in [0.1, 0.15) is 57.5 Å². The zero-order chi connectivity index (χ0) is 24.2. The molecule has 0 fully saturated rings. The molecule has 0 atom stereocenters. The fraction of sp³-hybridized carbons (Fsp3) is 0.345. The maximum absolute atomic E-state index is 4.98. The molecule has 5 nitrogen and oxygen atoms in total. The number of aryl methyl sites for hydroxylation is 1. The highest BCUT2D eigenvalue weighted by Gasteiger charge is 2.15. The lowest BCUT2D eigenvalue weighted by Crippen LogP contribution is -2.30. The second-order valence-electron chi connectivity index (χ2n) is 9.45. The van der Waals surface area contributed by atoms with E-state index in [9.17, 15) is 0 Å². The minimum atomic E-state index is 0.423. The van der Waals surface area contributed by atoms with Gasteiger partial charge in [0.1, 0.15) is 11.6 Å². The van der Waals surface area contributed by atoms with Crippen molar-refractivity contribution in [1.29, 1.82) is 0 Å². The van der Waals surface area contributed by atoms with Crippen molar-refractivity contribution in [2.45, 2.75) is 60.0 Å². The molecule has 0 amide bonds. The van der Waals surface area contributed by atoms with Crippen molar-refractivity contribution >= 4 is 22.4 Å². The third kappa shape index (κ3) is 5.26. The molecule has 0 saturated heterocycles. The number of hydrogen-bond acceptors (Lipinski definition) is 5. The van der Waals surface area contributed by atoms with Crippen LogP contribution in [0.3, 0.4) is 0 Å². The third-order valence-electron chi connectivity index (χ3n) is 6.35. The second kappa shape index (κ2) is 10.3. The van der Waals surface area contributed by atoms with Crippen LogP contribution < -0.4 is 5.32 Å². The molecule has 2 heterocycles. The Morgan fingerprint density at radius 3 is 2.35 bits per heavy atom. The van der Waals surface area contributed by atoms with Crippen LogP contribution in [-0.2, 0) is 6.54 Å². The van der Waals surface area contributed by atoms with E-state index >= 15 is 0 Å². The Morgan fingerprint density at radius 1 is 0.941 bits per heavy atom. The monoisotopic (exact) mass is 453 g/mol. The molecular weight excluding hydrogens is 418 g/mol. The van der Waals surface area contributed by atoms with Gasteiger partial charge in [-0.2, -0.15) is 0 Å². The molecule has 0 aliphatic heterocycles. The number of benzene rings is 2. The van der Waals surface area contributed by atoms with Gasteiger partial charge in [-0.05, 0) is 74.7 Å². The van der Waals surface area contributed by atoms with E-state index in [1.807, 2.05) is 12.3 Å². The summed E-state index contributed by atoms with van der Waals surface area (Å²) >= 11 is 0. The van der Waals surface area contributed by atoms with Gasteiger partial charge in [-0.25, -0.2) is 9.97 Å². The molecule has 0 unspecified atom stereocenters. The van der Waals surface area contributed by atoms with Crippen LogP contribution in [0.4, 0.5) is 11.5 Å². The van der Waals surface area contributed by atoms with Crippen molar-refractivity contribution in [3.8, 4) is 11.3 Å². The van der Waals surface area contributed by atoms with Gasteiger partial charge in [-0.1, -0.05) is 45.0 Å². The molecule has 2 aromatic carbocycles. The standard InChI is InChI=1S/C29H35N5/c1-7-34(20(4)5)18-27-32-26-17-23(28-21(6)9-8-16-30-28)12-15-25(26)29(33-27)31-24-13-10-22(11-14-24)19(2)3/h8-17,19-20H,7,18H2,1-6H3,(H,31,32,33). The zero-order valence-electron chi connectivity index (χ0n) is 21.1. The SMILES string of the molecule is CCN(Cc1nc(Nc2ccc(C(C)C)cc2)c2ccc(-c3ncccc3C)cc2n1)C(C)C. The first-order chi connectivity index (χ1) is 16.4. The summed E-state index contributed by atoms with van der Waals surface area (Å²) in [6.45, 7) is 14.8. The number of aromatic nitrogens is 3. The van der Waals surface area contributed by atoms with Gasteiger partial charge in [0, 0.05) is 28.9 Å². The molecule has 0 radical (unpaired) electrons. The Labute approximate surface area is 203 Å². The Balaban J connectivity index is 1.79. The Hall–Kier alpha value is -3.31. The Morgan fingerprint density at radius 2 is 1.71 bits per heavy atom. The number of rotatable bonds is 8. The summed E-state index contributed by atoms with van der Waals surface area (Å²) < 4.78 is 0. The predicted octanol–water partition coefficient (Wildman–Crippen LogP) is 7.10. The van der Waals surface area contributed by atoms with Gasteiger partial charge in [0.05, 0.1) is 17.8 Å². The number of hydrogen-bond donors (Lipinski definition) is 1. The summed E-state index contributed by atoms with van der Waals surface area (Å²) in [7, 11) is 0. The normalized spacial score (nSPS) is 11.7. The van der Waals surface area contributed by atoms with Crippen LogP contribution >= 0.6 is 0 Å². The van der Waals surface area contributed by atoms with Gasteiger partial charge in [-0.3, -0.25) is 9.88 Å². The molecule has 0 aliphatic rings. The van der Waals surface area contributed by atoms with E-state index in [0.29, 0.717) is 18.5 Å². The lowest BCUT2D eigenvalue weighted by atomic mass is 10.0. The molecule has 0 aliphatic carbocycles. The molecular formula is C29H35N5. The summed E-state index contributed by atoms with van der Waals surface area (Å²) in [5.74, 6) is 2.16. The summed E-state index contributed by atoms with van der Waals surface area (Å²) in [6, 6.07) is 19.4. The molecule has 4 rings (SSSR count). The molecule has 0 bridgehead atoms. The van der Waals surface area contributed by atoms with Crippen LogP contribution in [-0.4, -0.2) is 32.4 Å². The van der Waals surface area contributed by atoms with Gasteiger partial charge in [0.25, 0.3) is 0 Å². The fourth-order valence-electron chi connectivity index (χ4n) is 4.21. The molecule has 4 aromatic rings. The molecule has 5 heteroatoms. The summed E-state index contributed by atoms with van der Waals surface area (Å²) in [5, 5.41) is 4.56. The van der Waals surface area contributed by atoms with E-state index in [4.69, 9.17) is 9.97 Å². The van der Waals surface area contributed by atoms with E-state index in [0.717, 1.165) is 51.6 Å². The highest BCUT2D eigenvalue weighted by molar-refractivity contribution is 5.93. The van der Waals surface area contributed by atoms with Gasteiger partial charge in [-0.15, -0.1) is 0 Å². The lowest BCUT2D eigenvalue weighted by molar-refractivity contribution is 0.219. The minimum Gasteiger partial charge on any atom is -0.340 e. The van der Waals surface area contributed by atoms with Crippen molar-refractivity contribution < 1.29 is 0 Å². The summed E-state index contributed by atoms with van der Waals surface area (Å²) in [4.78, 5) is 16.9. The molecule has 0 spiro atoms. The fourth-order valence-corrected chi connectivity index (χ4v) is 4.21. The second-order valence-corrected chi connectivity index (χ2v) is 9.45. The lowest BCUT2D eigenvalue weighted by Gasteiger charge is -2.24. The third-order valence-corrected chi connectivity index (χ3v) is 6.35. The van der Waals surface area contributed by atoms with E-state index in [-0.39, 0.29) is 0 Å². The largest absolute Gasteiger partial charge is 0.340 e. The highest BCUT2D eigenvalue weighted by atomic mass is 15.2. The molecule has 34 heavy (non-hydrogen) atoms. The molecule has 176 valence electrons. The van der Waals surface area contributed by atoms with E-state index in [1.54, 1.807) is 0 Å². The predicted molar refractivity (Wildman–Crippen MR) is 143 cm³/mol. The van der Waals surface area contributed by atoms with Crippen molar-refractivity contribution in [3.63, 3.8) is 0 Å². The van der Waals surface area contributed by atoms with Crippen LogP contribution in [0.2, 0.25) is 0 Å². The van der Waals surface area contributed by atoms with Crippen molar-refractivity contribution in [2.75, 3.05) is 11.9 Å². The Kier molecular flexibility index (Phi) is 7.23. The van der Waals surface area contributed by atoms with Gasteiger partial charge >= 0.3 is 0 Å². The Bertz CT molecular complexity index is 1260. The quantitative estimate of drug-likeness (QED) is 0.308. The van der Waals surface area contributed by atoms with Crippen LogP contribution in [0.5, 0.6) is 0 Å². The first-order valence-electron chi connectivity index (χ1n) is 12.2. The summed E-state index contributed by atoms with van der Waals surface area (Å²) in [5.41, 5.74) is 6.48. The minimum absolute atomic E-state index is 0.423. The van der Waals surface area contributed by atoms with Crippen molar-refractivity contribution in [1.82, 2.24) is 19.9 Å². The number of nitrogens with one attached hydrogen (secondary N) is 1. The topological polar surface area (TPSA) is 53.9 Å².